The highest BCUT2D eigenvalue weighted by Gasteiger charge is 1.97. The van der Waals surface area contributed by atoms with E-state index in [1.54, 1.807) is 0 Å². The van der Waals surface area contributed by atoms with Crippen molar-refractivity contribution < 1.29 is 0 Å². The molecule has 0 aliphatic heterocycles. The number of benzene rings is 1. The second kappa shape index (κ2) is 4.91. The first-order chi connectivity index (χ1) is 5.83. The van der Waals surface area contributed by atoms with Gasteiger partial charge in [0.1, 0.15) is 0 Å². The van der Waals surface area contributed by atoms with Crippen LogP contribution in [0.25, 0.3) is 0 Å². The van der Waals surface area contributed by atoms with E-state index in [0.717, 1.165) is 13.1 Å². The average molecular weight is 163 g/mol. The SMILES string of the molecule is CC[N]N(C)Cc1ccccc1. The lowest BCUT2D eigenvalue weighted by atomic mass is 10.2. The van der Waals surface area contributed by atoms with Crippen LogP contribution in [-0.2, 0) is 6.54 Å². The largest absolute Gasteiger partial charge is 0.226 e. The van der Waals surface area contributed by atoms with E-state index in [0.29, 0.717) is 0 Å². The van der Waals surface area contributed by atoms with Gasteiger partial charge < -0.3 is 0 Å². The molecule has 1 aromatic rings. The second-order valence-corrected chi connectivity index (χ2v) is 2.76. The van der Waals surface area contributed by atoms with Crippen molar-refractivity contribution in [3.63, 3.8) is 0 Å². The van der Waals surface area contributed by atoms with Crippen LogP contribution in [0, 0.1) is 0 Å². The number of hydrogen-bond acceptors (Lipinski definition) is 1. The van der Waals surface area contributed by atoms with Crippen molar-refractivity contribution in [2.45, 2.75) is 13.5 Å². The lowest BCUT2D eigenvalue weighted by Gasteiger charge is -2.13. The summed E-state index contributed by atoms with van der Waals surface area (Å²) >= 11 is 0. The van der Waals surface area contributed by atoms with Crippen LogP contribution in [0.1, 0.15) is 12.5 Å². The van der Waals surface area contributed by atoms with E-state index < -0.39 is 0 Å². The van der Waals surface area contributed by atoms with Crippen molar-refractivity contribution in [3.8, 4) is 0 Å². The normalized spacial score (nSPS) is 10.6. The summed E-state index contributed by atoms with van der Waals surface area (Å²) in [6.45, 7) is 3.79. The molecule has 0 saturated heterocycles. The van der Waals surface area contributed by atoms with Crippen LogP contribution in [0.4, 0.5) is 0 Å². The molecule has 2 nitrogen and oxygen atoms in total. The summed E-state index contributed by atoms with van der Waals surface area (Å²) in [6, 6.07) is 10.4. The molecule has 2 heteroatoms. The third-order valence-corrected chi connectivity index (χ3v) is 1.64. The Bertz CT molecular complexity index is 208. The Hall–Kier alpha value is -0.860. The van der Waals surface area contributed by atoms with Crippen molar-refractivity contribution in [2.24, 2.45) is 0 Å². The number of hydrogen-bond donors (Lipinski definition) is 0. The first kappa shape index (κ1) is 9.23. The Labute approximate surface area is 74.2 Å². The molecule has 0 heterocycles. The van der Waals surface area contributed by atoms with Gasteiger partial charge in [-0.25, -0.2) is 5.01 Å². The minimum absolute atomic E-state index is 0.851. The lowest BCUT2D eigenvalue weighted by molar-refractivity contribution is 0.224. The Balaban J connectivity index is 2.41. The Morgan fingerprint density at radius 1 is 1.25 bits per heavy atom. The zero-order valence-corrected chi connectivity index (χ0v) is 7.70. The van der Waals surface area contributed by atoms with E-state index >= 15 is 0 Å². The minimum Gasteiger partial charge on any atom is -0.226 e. The van der Waals surface area contributed by atoms with Crippen molar-refractivity contribution >= 4 is 0 Å². The molecule has 0 amide bonds. The summed E-state index contributed by atoms with van der Waals surface area (Å²) < 4.78 is 0. The van der Waals surface area contributed by atoms with Crippen molar-refractivity contribution in [1.82, 2.24) is 10.4 Å². The van der Waals surface area contributed by atoms with Crippen molar-refractivity contribution in [3.05, 3.63) is 35.9 Å². The monoisotopic (exact) mass is 163 g/mol. The summed E-state index contributed by atoms with van der Waals surface area (Å²) in [5.74, 6) is 0. The predicted molar refractivity (Wildman–Crippen MR) is 50.6 cm³/mol. The van der Waals surface area contributed by atoms with Gasteiger partial charge >= 0.3 is 0 Å². The zero-order valence-electron chi connectivity index (χ0n) is 7.70. The fourth-order valence-electron chi connectivity index (χ4n) is 1.14. The van der Waals surface area contributed by atoms with Crippen LogP contribution < -0.4 is 5.43 Å². The standard InChI is InChI=1S/C10H15N2/c1-3-11-12(2)9-10-7-5-4-6-8-10/h4-8H,3,9H2,1-2H3. The van der Waals surface area contributed by atoms with Crippen molar-refractivity contribution in [2.75, 3.05) is 13.6 Å². The van der Waals surface area contributed by atoms with Gasteiger partial charge in [0, 0.05) is 20.1 Å². The molecular weight excluding hydrogens is 148 g/mol. The van der Waals surface area contributed by atoms with Gasteiger partial charge in [0.15, 0.2) is 0 Å². The van der Waals surface area contributed by atoms with E-state index in [1.165, 1.54) is 5.56 Å². The quantitative estimate of drug-likeness (QED) is 0.617. The molecule has 1 radical (unpaired) electrons. The molecule has 12 heavy (non-hydrogen) atoms. The van der Waals surface area contributed by atoms with E-state index in [-0.39, 0.29) is 0 Å². The van der Waals surface area contributed by atoms with Crippen LogP contribution in [-0.4, -0.2) is 18.6 Å². The van der Waals surface area contributed by atoms with Crippen LogP contribution in [0.5, 0.6) is 0 Å². The molecule has 65 valence electrons. The molecular formula is C10H15N2. The highest BCUT2D eigenvalue weighted by molar-refractivity contribution is 5.14. The summed E-state index contributed by atoms with van der Waals surface area (Å²) in [7, 11) is 2.00. The molecule has 0 saturated carbocycles. The Morgan fingerprint density at radius 2 is 1.92 bits per heavy atom. The van der Waals surface area contributed by atoms with Crippen molar-refractivity contribution in [1.29, 1.82) is 0 Å². The predicted octanol–water partition coefficient (Wildman–Crippen LogP) is 1.66. The van der Waals surface area contributed by atoms with Gasteiger partial charge in [0.25, 0.3) is 0 Å². The fraction of sp³-hybridized carbons (Fsp3) is 0.400. The van der Waals surface area contributed by atoms with Gasteiger partial charge in [-0.05, 0) is 12.5 Å². The van der Waals surface area contributed by atoms with Gasteiger partial charge in [-0.15, -0.1) is 0 Å². The number of rotatable bonds is 4. The van der Waals surface area contributed by atoms with Gasteiger partial charge in [0.05, 0.1) is 0 Å². The first-order valence-corrected chi connectivity index (χ1v) is 4.25. The maximum absolute atomic E-state index is 4.25. The topological polar surface area (TPSA) is 17.3 Å². The molecule has 0 atom stereocenters. The maximum atomic E-state index is 4.25. The maximum Gasteiger partial charge on any atom is 0.0394 e. The molecule has 1 rings (SSSR count). The molecule has 0 N–H and O–H groups in total. The van der Waals surface area contributed by atoms with Crippen LogP contribution in [0.3, 0.4) is 0 Å². The molecule has 0 aromatic heterocycles. The summed E-state index contributed by atoms with van der Waals surface area (Å²) in [4.78, 5) is 0. The Kier molecular flexibility index (Phi) is 3.77. The van der Waals surface area contributed by atoms with E-state index in [4.69, 9.17) is 0 Å². The molecule has 0 fully saturated rings. The molecule has 0 bridgehead atoms. The van der Waals surface area contributed by atoms with Gasteiger partial charge in [-0.3, -0.25) is 0 Å². The third kappa shape index (κ3) is 3.03. The lowest BCUT2D eigenvalue weighted by Crippen LogP contribution is -2.26. The molecule has 0 aliphatic carbocycles. The zero-order chi connectivity index (χ0) is 8.81. The smallest absolute Gasteiger partial charge is 0.0394 e. The first-order valence-electron chi connectivity index (χ1n) is 4.25. The third-order valence-electron chi connectivity index (χ3n) is 1.64. The van der Waals surface area contributed by atoms with E-state index in [9.17, 15) is 0 Å². The molecule has 1 aromatic carbocycles. The van der Waals surface area contributed by atoms with Crippen LogP contribution in [0.2, 0.25) is 0 Å². The van der Waals surface area contributed by atoms with Crippen LogP contribution in [0.15, 0.2) is 30.3 Å². The van der Waals surface area contributed by atoms with E-state index in [1.807, 2.05) is 25.0 Å². The fourth-order valence-corrected chi connectivity index (χ4v) is 1.14. The highest BCUT2D eigenvalue weighted by atomic mass is 15.5. The second-order valence-electron chi connectivity index (χ2n) is 2.76. The Morgan fingerprint density at radius 3 is 2.50 bits per heavy atom. The average Bonchev–Trinajstić information content (AvgIpc) is 2.06. The van der Waals surface area contributed by atoms with E-state index in [2.05, 4.69) is 29.7 Å². The van der Waals surface area contributed by atoms with Gasteiger partial charge in [-0.1, -0.05) is 30.3 Å². The number of nitrogens with zero attached hydrogens (tertiary/aromatic N) is 2. The highest BCUT2D eigenvalue weighted by Crippen LogP contribution is 2.00. The minimum atomic E-state index is 0.851. The molecule has 0 spiro atoms. The summed E-state index contributed by atoms with van der Waals surface area (Å²) in [5.41, 5.74) is 5.56. The summed E-state index contributed by atoms with van der Waals surface area (Å²) in [5, 5.41) is 1.97. The van der Waals surface area contributed by atoms with Gasteiger partial charge in [-0.2, -0.15) is 5.43 Å². The van der Waals surface area contributed by atoms with Gasteiger partial charge in [0.2, 0.25) is 0 Å². The van der Waals surface area contributed by atoms with Crippen LogP contribution >= 0.6 is 0 Å². The summed E-state index contributed by atoms with van der Waals surface area (Å²) in [6.07, 6.45) is 0. The molecule has 0 aliphatic rings. The molecule has 0 unspecified atom stereocenters.